The topological polar surface area (TPSA) is 110 Å². The molecular formula is C13H15ClN4O4. The second-order valence-electron chi connectivity index (χ2n) is 4.72. The van der Waals surface area contributed by atoms with Crippen molar-refractivity contribution in [1.82, 2.24) is 19.1 Å². The van der Waals surface area contributed by atoms with E-state index in [0.29, 0.717) is 12.8 Å². The van der Waals surface area contributed by atoms with Crippen LogP contribution in [0.15, 0.2) is 22.2 Å². The minimum absolute atomic E-state index is 0.00484. The Morgan fingerprint density at radius 1 is 1.36 bits per heavy atom. The summed E-state index contributed by atoms with van der Waals surface area (Å²) < 4.78 is 2.48. The molecule has 0 spiro atoms. The zero-order valence-electron chi connectivity index (χ0n) is 11.7. The Morgan fingerprint density at radius 2 is 2.09 bits per heavy atom. The first-order valence-electron chi connectivity index (χ1n) is 6.67. The van der Waals surface area contributed by atoms with Crippen LogP contribution in [0.25, 0.3) is 11.2 Å². The fourth-order valence-electron chi connectivity index (χ4n) is 2.16. The smallest absolute Gasteiger partial charge is 0.330 e. The molecule has 0 atom stereocenters. The van der Waals surface area contributed by atoms with E-state index in [1.54, 1.807) is 6.08 Å². The first-order chi connectivity index (χ1) is 10.5. The number of aromatic nitrogens is 4. The number of hydrogen-bond donors (Lipinski definition) is 2. The van der Waals surface area contributed by atoms with Crippen molar-refractivity contribution in [2.75, 3.05) is 0 Å². The van der Waals surface area contributed by atoms with Crippen LogP contribution in [0, 0.1) is 0 Å². The SMILES string of the molecule is C=CCn1c(Cl)nc2[nH]c(=O)n(CCCCC(=O)O)c(=O)c21. The molecule has 8 nitrogen and oxygen atoms in total. The number of allylic oxidation sites excluding steroid dienone is 1. The maximum Gasteiger partial charge on any atom is 0.330 e. The number of nitrogens with one attached hydrogen (secondary N) is 1. The van der Waals surface area contributed by atoms with E-state index in [0.717, 1.165) is 4.57 Å². The number of carboxylic acid groups (broad SMARTS) is 1. The third kappa shape index (κ3) is 3.11. The number of nitrogens with zero attached hydrogens (tertiary/aromatic N) is 3. The highest BCUT2D eigenvalue weighted by Gasteiger charge is 2.16. The number of halogens is 1. The summed E-state index contributed by atoms with van der Waals surface area (Å²) in [5.74, 6) is -0.910. The summed E-state index contributed by atoms with van der Waals surface area (Å²) in [7, 11) is 0. The third-order valence-corrected chi connectivity index (χ3v) is 3.46. The van der Waals surface area contributed by atoms with Gasteiger partial charge in [-0.25, -0.2) is 4.79 Å². The zero-order chi connectivity index (χ0) is 16.3. The Hall–Kier alpha value is -2.35. The van der Waals surface area contributed by atoms with E-state index in [9.17, 15) is 14.4 Å². The lowest BCUT2D eigenvalue weighted by Crippen LogP contribution is -2.35. The number of fused-ring (bicyclic) bond motifs is 1. The lowest BCUT2D eigenvalue weighted by molar-refractivity contribution is -0.137. The Bertz CT molecular complexity index is 833. The van der Waals surface area contributed by atoms with Crippen LogP contribution in [0.2, 0.25) is 5.28 Å². The fraction of sp³-hybridized carbons (Fsp3) is 0.385. The Labute approximate surface area is 129 Å². The van der Waals surface area contributed by atoms with E-state index in [-0.39, 0.29) is 36.0 Å². The molecule has 2 rings (SSSR count). The number of carboxylic acids is 1. The second kappa shape index (κ2) is 6.61. The summed E-state index contributed by atoms with van der Waals surface area (Å²) in [6, 6.07) is 0. The lowest BCUT2D eigenvalue weighted by atomic mass is 10.2. The maximum absolute atomic E-state index is 12.5. The van der Waals surface area contributed by atoms with Crippen molar-refractivity contribution in [1.29, 1.82) is 0 Å². The first-order valence-corrected chi connectivity index (χ1v) is 7.05. The molecule has 2 heterocycles. The van der Waals surface area contributed by atoms with Gasteiger partial charge in [0.25, 0.3) is 5.56 Å². The molecule has 0 saturated heterocycles. The van der Waals surface area contributed by atoms with Crippen LogP contribution in [0.1, 0.15) is 19.3 Å². The van der Waals surface area contributed by atoms with Gasteiger partial charge in [0.2, 0.25) is 5.28 Å². The third-order valence-electron chi connectivity index (χ3n) is 3.17. The molecule has 118 valence electrons. The fourth-order valence-corrected chi connectivity index (χ4v) is 2.40. The van der Waals surface area contributed by atoms with Crippen LogP contribution in [0.3, 0.4) is 0 Å². The van der Waals surface area contributed by atoms with Crippen molar-refractivity contribution < 1.29 is 9.90 Å². The molecule has 0 aliphatic carbocycles. The number of carbonyl (C=O) groups is 1. The van der Waals surface area contributed by atoms with Gasteiger partial charge in [0.05, 0.1) is 0 Å². The van der Waals surface area contributed by atoms with Gasteiger partial charge in [-0.15, -0.1) is 6.58 Å². The van der Waals surface area contributed by atoms with Crippen molar-refractivity contribution >= 4 is 28.7 Å². The average Bonchev–Trinajstić information content (AvgIpc) is 2.74. The highest BCUT2D eigenvalue weighted by molar-refractivity contribution is 6.29. The molecule has 0 saturated carbocycles. The van der Waals surface area contributed by atoms with Gasteiger partial charge in [-0.2, -0.15) is 4.98 Å². The van der Waals surface area contributed by atoms with E-state index >= 15 is 0 Å². The number of unbranched alkanes of at least 4 members (excludes halogenated alkanes) is 1. The van der Waals surface area contributed by atoms with Gasteiger partial charge < -0.3 is 9.67 Å². The summed E-state index contributed by atoms with van der Waals surface area (Å²) in [5, 5.41) is 8.68. The van der Waals surface area contributed by atoms with Crippen LogP contribution in [0.4, 0.5) is 0 Å². The van der Waals surface area contributed by atoms with Crippen molar-refractivity contribution in [3.63, 3.8) is 0 Å². The van der Waals surface area contributed by atoms with Gasteiger partial charge in [-0.1, -0.05) is 6.08 Å². The number of aromatic amines is 1. The number of aliphatic carboxylic acids is 1. The molecule has 0 fully saturated rings. The van der Waals surface area contributed by atoms with E-state index in [4.69, 9.17) is 16.7 Å². The van der Waals surface area contributed by atoms with Crippen LogP contribution in [-0.2, 0) is 17.9 Å². The molecule has 22 heavy (non-hydrogen) atoms. The summed E-state index contributed by atoms with van der Waals surface area (Å²) in [6.07, 6.45) is 2.35. The molecule has 0 radical (unpaired) electrons. The molecule has 0 aromatic carbocycles. The number of rotatable bonds is 7. The molecule has 0 unspecified atom stereocenters. The zero-order valence-corrected chi connectivity index (χ0v) is 12.5. The second-order valence-corrected chi connectivity index (χ2v) is 5.05. The van der Waals surface area contributed by atoms with Crippen molar-refractivity contribution in [2.24, 2.45) is 0 Å². The van der Waals surface area contributed by atoms with Gasteiger partial charge in [0.15, 0.2) is 11.2 Å². The van der Waals surface area contributed by atoms with E-state index in [1.165, 1.54) is 4.57 Å². The van der Waals surface area contributed by atoms with Crippen molar-refractivity contribution in [2.45, 2.75) is 32.4 Å². The highest BCUT2D eigenvalue weighted by Crippen LogP contribution is 2.14. The summed E-state index contributed by atoms with van der Waals surface area (Å²) in [4.78, 5) is 41.3. The number of imidazole rings is 1. The van der Waals surface area contributed by atoms with Gasteiger partial charge in [0.1, 0.15) is 0 Å². The molecule has 0 aliphatic rings. The highest BCUT2D eigenvalue weighted by atomic mass is 35.5. The van der Waals surface area contributed by atoms with E-state index < -0.39 is 17.2 Å². The molecule has 2 aromatic rings. The molecule has 2 aromatic heterocycles. The number of hydrogen-bond acceptors (Lipinski definition) is 4. The standard InChI is InChI=1S/C13H15ClN4O4/c1-2-6-17-9-10(15-12(17)14)16-13(22)18(11(9)21)7-4-3-5-8(19)20/h2H,1,3-7H2,(H,16,22)(H,19,20). The Morgan fingerprint density at radius 3 is 2.73 bits per heavy atom. The van der Waals surface area contributed by atoms with E-state index in [1.807, 2.05) is 0 Å². The van der Waals surface area contributed by atoms with Gasteiger partial charge in [-0.3, -0.25) is 19.1 Å². The predicted molar refractivity (Wildman–Crippen MR) is 81.3 cm³/mol. The summed E-state index contributed by atoms with van der Waals surface area (Å²) in [5.41, 5.74) is -0.769. The molecular weight excluding hydrogens is 312 g/mol. The average molecular weight is 327 g/mol. The van der Waals surface area contributed by atoms with Gasteiger partial charge in [0, 0.05) is 19.5 Å². The summed E-state index contributed by atoms with van der Waals surface area (Å²) in [6.45, 7) is 4.01. The lowest BCUT2D eigenvalue weighted by Gasteiger charge is -2.05. The molecule has 9 heteroatoms. The molecule has 2 N–H and O–H groups in total. The molecule has 0 bridgehead atoms. The number of H-pyrrole nitrogens is 1. The normalized spacial score (nSPS) is 11.0. The molecule has 0 aliphatic heterocycles. The van der Waals surface area contributed by atoms with Gasteiger partial charge in [-0.05, 0) is 24.4 Å². The van der Waals surface area contributed by atoms with Crippen LogP contribution in [-0.4, -0.2) is 30.2 Å². The predicted octanol–water partition coefficient (Wildman–Crippen LogP) is 0.981. The largest absolute Gasteiger partial charge is 0.481 e. The van der Waals surface area contributed by atoms with E-state index in [2.05, 4.69) is 16.5 Å². The van der Waals surface area contributed by atoms with Crippen LogP contribution >= 0.6 is 11.6 Å². The monoisotopic (exact) mass is 326 g/mol. The van der Waals surface area contributed by atoms with Crippen LogP contribution in [0.5, 0.6) is 0 Å². The van der Waals surface area contributed by atoms with Gasteiger partial charge >= 0.3 is 11.7 Å². The Balaban J connectivity index is 2.40. The maximum atomic E-state index is 12.5. The minimum atomic E-state index is -0.910. The minimum Gasteiger partial charge on any atom is -0.481 e. The molecule has 0 amide bonds. The van der Waals surface area contributed by atoms with Crippen molar-refractivity contribution in [3.8, 4) is 0 Å². The van der Waals surface area contributed by atoms with Crippen LogP contribution < -0.4 is 11.2 Å². The summed E-state index contributed by atoms with van der Waals surface area (Å²) >= 11 is 5.95. The van der Waals surface area contributed by atoms with Crippen molar-refractivity contribution in [3.05, 3.63) is 38.8 Å². The first kappa shape index (κ1) is 16.0. The Kier molecular flexibility index (Phi) is 4.81. The quantitative estimate of drug-likeness (QED) is 0.448.